The summed E-state index contributed by atoms with van der Waals surface area (Å²) in [6.45, 7) is 0.354. The molecular formula is C15H12N4O4. The lowest BCUT2D eigenvalue weighted by Gasteiger charge is -2.02. The molecule has 0 saturated heterocycles. The van der Waals surface area contributed by atoms with Gasteiger partial charge in [0.2, 0.25) is 5.95 Å². The van der Waals surface area contributed by atoms with Crippen LogP contribution in [0.15, 0.2) is 42.5 Å². The Morgan fingerprint density at radius 3 is 2.87 bits per heavy atom. The van der Waals surface area contributed by atoms with E-state index in [1.54, 1.807) is 18.2 Å². The Balaban J connectivity index is 1.78. The van der Waals surface area contributed by atoms with E-state index >= 15 is 0 Å². The minimum atomic E-state index is -1.01. The van der Waals surface area contributed by atoms with Gasteiger partial charge in [-0.05, 0) is 23.8 Å². The van der Waals surface area contributed by atoms with E-state index in [4.69, 9.17) is 5.11 Å². The molecular weight excluding hydrogens is 300 g/mol. The summed E-state index contributed by atoms with van der Waals surface area (Å²) in [7, 11) is 0. The van der Waals surface area contributed by atoms with E-state index in [-0.39, 0.29) is 11.3 Å². The summed E-state index contributed by atoms with van der Waals surface area (Å²) < 4.78 is 0. The number of non-ortho nitro benzene ring substituents is 1. The second-order valence-electron chi connectivity index (χ2n) is 4.90. The molecule has 0 aliphatic carbocycles. The number of nitro groups is 1. The molecule has 1 heterocycles. The third-order valence-electron chi connectivity index (χ3n) is 3.31. The van der Waals surface area contributed by atoms with Gasteiger partial charge in [-0.1, -0.05) is 12.1 Å². The number of nitrogens with zero attached hydrogens (tertiary/aromatic N) is 2. The first-order valence-corrected chi connectivity index (χ1v) is 6.73. The topological polar surface area (TPSA) is 121 Å². The number of aromatic amines is 1. The van der Waals surface area contributed by atoms with Crippen LogP contribution in [0.25, 0.3) is 11.0 Å². The largest absolute Gasteiger partial charge is 0.478 e. The molecule has 116 valence electrons. The second-order valence-corrected chi connectivity index (χ2v) is 4.90. The molecule has 3 N–H and O–H groups in total. The smallest absolute Gasteiger partial charge is 0.335 e. The average molecular weight is 312 g/mol. The van der Waals surface area contributed by atoms with Crippen molar-refractivity contribution in [2.24, 2.45) is 0 Å². The van der Waals surface area contributed by atoms with Gasteiger partial charge >= 0.3 is 5.97 Å². The number of hydrogen-bond acceptors (Lipinski definition) is 5. The highest BCUT2D eigenvalue weighted by Crippen LogP contribution is 2.18. The van der Waals surface area contributed by atoms with Gasteiger partial charge in [-0.3, -0.25) is 10.1 Å². The standard InChI is InChI=1S/C15H12N4O4/c20-14(21)10-4-5-12-13(7-10)18-15(17-12)16-8-9-2-1-3-11(6-9)19(22)23/h1-7H,8H2,(H,20,21)(H2,16,17,18). The normalized spacial score (nSPS) is 10.6. The van der Waals surface area contributed by atoms with E-state index in [1.165, 1.54) is 24.3 Å². The molecule has 0 radical (unpaired) electrons. The van der Waals surface area contributed by atoms with E-state index in [2.05, 4.69) is 15.3 Å². The number of fused-ring (bicyclic) bond motifs is 1. The van der Waals surface area contributed by atoms with Gasteiger partial charge < -0.3 is 15.4 Å². The number of carboxylic acid groups (broad SMARTS) is 1. The summed E-state index contributed by atoms with van der Waals surface area (Å²) in [6.07, 6.45) is 0. The molecule has 1 aromatic heterocycles. The zero-order chi connectivity index (χ0) is 16.4. The van der Waals surface area contributed by atoms with E-state index < -0.39 is 10.9 Å². The summed E-state index contributed by atoms with van der Waals surface area (Å²) in [6, 6.07) is 10.9. The van der Waals surface area contributed by atoms with Crippen molar-refractivity contribution in [1.29, 1.82) is 0 Å². The number of H-pyrrole nitrogens is 1. The number of carbonyl (C=O) groups is 1. The molecule has 0 spiro atoms. The summed E-state index contributed by atoms with van der Waals surface area (Å²) in [5.74, 6) is -0.540. The number of nitrogens with one attached hydrogen (secondary N) is 2. The highest BCUT2D eigenvalue weighted by molar-refractivity contribution is 5.92. The highest BCUT2D eigenvalue weighted by atomic mass is 16.6. The van der Waals surface area contributed by atoms with Gasteiger partial charge in [-0.15, -0.1) is 0 Å². The maximum atomic E-state index is 10.9. The van der Waals surface area contributed by atoms with Gasteiger partial charge in [-0.2, -0.15) is 0 Å². The number of nitro benzene ring substituents is 1. The van der Waals surface area contributed by atoms with Gasteiger partial charge in [0.1, 0.15) is 0 Å². The molecule has 8 heteroatoms. The lowest BCUT2D eigenvalue weighted by molar-refractivity contribution is -0.384. The zero-order valence-corrected chi connectivity index (χ0v) is 11.8. The van der Waals surface area contributed by atoms with Crippen LogP contribution in [0.1, 0.15) is 15.9 Å². The van der Waals surface area contributed by atoms with Crippen molar-refractivity contribution in [3.8, 4) is 0 Å². The number of benzene rings is 2. The molecule has 0 saturated carbocycles. The molecule has 0 amide bonds. The fraction of sp³-hybridized carbons (Fsp3) is 0.0667. The van der Waals surface area contributed by atoms with Crippen LogP contribution < -0.4 is 5.32 Å². The van der Waals surface area contributed by atoms with Crippen molar-refractivity contribution in [2.45, 2.75) is 6.54 Å². The second kappa shape index (κ2) is 5.76. The minimum absolute atomic E-state index is 0.0278. The Labute approximate surface area is 129 Å². The molecule has 0 unspecified atom stereocenters. The van der Waals surface area contributed by atoms with Crippen molar-refractivity contribution in [1.82, 2.24) is 9.97 Å². The predicted molar refractivity (Wildman–Crippen MR) is 83.5 cm³/mol. The van der Waals surface area contributed by atoms with Gasteiger partial charge in [0.15, 0.2) is 0 Å². The monoisotopic (exact) mass is 312 g/mol. The Hall–Kier alpha value is -3.42. The molecule has 2 aromatic carbocycles. The van der Waals surface area contributed by atoms with Gasteiger partial charge in [0.25, 0.3) is 5.69 Å². The number of anilines is 1. The lowest BCUT2D eigenvalue weighted by Crippen LogP contribution is -2.01. The Morgan fingerprint density at radius 2 is 2.13 bits per heavy atom. The van der Waals surface area contributed by atoms with Gasteiger partial charge in [0, 0.05) is 18.7 Å². The van der Waals surface area contributed by atoms with Crippen LogP contribution in [-0.4, -0.2) is 26.0 Å². The van der Waals surface area contributed by atoms with Gasteiger partial charge in [0.05, 0.1) is 21.5 Å². The first kappa shape index (κ1) is 14.5. The zero-order valence-electron chi connectivity index (χ0n) is 11.8. The molecule has 8 nitrogen and oxygen atoms in total. The molecule has 0 atom stereocenters. The molecule has 23 heavy (non-hydrogen) atoms. The lowest BCUT2D eigenvalue weighted by atomic mass is 10.2. The predicted octanol–water partition coefficient (Wildman–Crippen LogP) is 2.78. The number of hydrogen-bond donors (Lipinski definition) is 3. The number of aromatic carboxylic acids is 1. The molecule has 3 aromatic rings. The van der Waals surface area contributed by atoms with Crippen LogP contribution >= 0.6 is 0 Å². The van der Waals surface area contributed by atoms with E-state index in [1.807, 2.05) is 0 Å². The summed E-state index contributed by atoms with van der Waals surface area (Å²) in [5.41, 5.74) is 2.18. The van der Waals surface area contributed by atoms with Crippen molar-refractivity contribution >= 4 is 28.6 Å². The van der Waals surface area contributed by atoms with E-state index in [0.29, 0.717) is 23.5 Å². The maximum Gasteiger partial charge on any atom is 0.335 e. The first-order chi connectivity index (χ1) is 11.0. The number of imidazole rings is 1. The number of rotatable bonds is 5. The van der Waals surface area contributed by atoms with Crippen LogP contribution in [-0.2, 0) is 6.54 Å². The third kappa shape index (κ3) is 3.10. The first-order valence-electron chi connectivity index (χ1n) is 6.73. The maximum absolute atomic E-state index is 10.9. The molecule has 0 bridgehead atoms. The van der Waals surface area contributed by atoms with Crippen LogP contribution in [0.5, 0.6) is 0 Å². The quantitative estimate of drug-likeness (QED) is 0.492. The van der Waals surface area contributed by atoms with Gasteiger partial charge in [-0.25, -0.2) is 9.78 Å². The molecule has 0 fully saturated rings. The third-order valence-corrected chi connectivity index (χ3v) is 3.31. The number of carboxylic acids is 1. The van der Waals surface area contributed by atoms with E-state index in [9.17, 15) is 14.9 Å². The Bertz CT molecular complexity index is 903. The fourth-order valence-corrected chi connectivity index (χ4v) is 2.19. The van der Waals surface area contributed by atoms with Crippen LogP contribution in [0, 0.1) is 10.1 Å². The summed E-state index contributed by atoms with van der Waals surface area (Å²) in [4.78, 5) is 28.5. The molecule has 3 rings (SSSR count). The fourth-order valence-electron chi connectivity index (χ4n) is 2.19. The van der Waals surface area contributed by atoms with E-state index in [0.717, 1.165) is 5.56 Å². The number of aromatic nitrogens is 2. The Morgan fingerprint density at radius 1 is 1.30 bits per heavy atom. The van der Waals surface area contributed by atoms with Crippen LogP contribution in [0.4, 0.5) is 11.6 Å². The highest BCUT2D eigenvalue weighted by Gasteiger charge is 2.09. The summed E-state index contributed by atoms with van der Waals surface area (Å²) in [5, 5.41) is 22.7. The Kier molecular flexibility index (Phi) is 3.63. The van der Waals surface area contributed by atoms with Crippen LogP contribution in [0.2, 0.25) is 0 Å². The van der Waals surface area contributed by atoms with Crippen molar-refractivity contribution < 1.29 is 14.8 Å². The molecule has 0 aliphatic heterocycles. The minimum Gasteiger partial charge on any atom is -0.478 e. The van der Waals surface area contributed by atoms with Crippen molar-refractivity contribution in [3.05, 3.63) is 63.7 Å². The SMILES string of the molecule is O=C(O)c1ccc2nc(NCc3cccc([N+](=O)[O-])c3)[nH]c2c1. The van der Waals surface area contributed by atoms with Crippen molar-refractivity contribution in [3.63, 3.8) is 0 Å². The van der Waals surface area contributed by atoms with Crippen LogP contribution in [0.3, 0.4) is 0 Å². The molecule has 0 aliphatic rings. The summed E-state index contributed by atoms with van der Waals surface area (Å²) >= 11 is 0. The van der Waals surface area contributed by atoms with Crippen molar-refractivity contribution in [2.75, 3.05) is 5.32 Å². The average Bonchev–Trinajstić information content (AvgIpc) is 2.95.